The standard InChI is InChI=1S/C16H21N3O3S2/c1-21-15(23)17-10-14-11-19(16(20)22-14)13-4-2-12(3-5-13)18-6-8-24-9-7-18/h2-5,14H,6-11H2,1H3,(H,17,23). The number of benzene rings is 1. The van der Waals surface area contributed by atoms with Gasteiger partial charge in [-0.05, 0) is 36.5 Å². The van der Waals surface area contributed by atoms with E-state index in [1.165, 1.54) is 12.8 Å². The van der Waals surface area contributed by atoms with Gasteiger partial charge in [0.05, 0.1) is 20.2 Å². The van der Waals surface area contributed by atoms with E-state index in [1.54, 1.807) is 4.90 Å². The highest BCUT2D eigenvalue weighted by molar-refractivity contribution is 7.99. The first-order chi connectivity index (χ1) is 11.7. The van der Waals surface area contributed by atoms with Crippen LogP contribution in [0.4, 0.5) is 16.2 Å². The Kier molecular flexibility index (Phi) is 5.68. The number of nitrogens with one attached hydrogen (secondary N) is 1. The monoisotopic (exact) mass is 367 g/mol. The lowest BCUT2D eigenvalue weighted by atomic mass is 10.2. The summed E-state index contributed by atoms with van der Waals surface area (Å²) in [6.45, 7) is 3.09. The first-order valence-electron chi connectivity index (χ1n) is 7.90. The Morgan fingerprint density at radius 1 is 1.33 bits per heavy atom. The Balaban J connectivity index is 1.59. The molecular formula is C16H21N3O3S2. The van der Waals surface area contributed by atoms with Gasteiger partial charge in [0.1, 0.15) is 6.10 Å². The van der Waals surface area contributed by atoms with Crippen molar-refractivity contribution in [3.05, 3.63) is 24.3 Å². The normalized spacial score (nSPS) is 20.7. The number of carbonyl (C=O) groups is 1. The molecule has 0 bridgehead atoms. The van der Waals surface area contributed by atoms with Gasteiger partial charge in [0.2, 0.25) is 0 Å². The molecule has 0 radical (unpaired) electrons. The van der Waals surface area contributed by atoms with Crippen molar-refractivity contribution in [2.75, 3.05) is 54.6 Å². The number of ether oxygens (including phenoxy) is 2. The zero-order valence-corrected chi connectivity index (χ0v) is 15.2. The number of amides is 1. The highest BCUT2D eigenvalue weighted by Gasteiger charge is 2.32. The molecule has 1 N–H and O–H groups in total. The second-order valence-corrected chi connectivity index (χ2v) is 7.20. The van der Waals surface area contributed by atoms with Gasteiger partial charge in [-0.25, -0.2) is 4.79 Å². The van der Waals surface area contributed by atoms with Gasteiger partial charge in [-0.15, -0.1) is 0 Å². The summed E-state index contributed by atoms with van der Waals surface area (Å²) in [5.74, 6) is 2.33. The Morgan fingerprint density at radius 2 is 2.00 bits per heavy atom. The van der Waals surface area contributed by atoms with Gasteiger partial charge in [-0.3, -0.25) is 4.90 Å². The van der Waals surface area contributed by atoms with E-state index in [4.69, 9.17) is 21.7 Å². The minimum absolute atomic E-state index is 0.246. The van der Waals surface area contributed by atoms with Gasteiger partial charge in [-0.2, -0.15) is 11.8 Å². The Morgan fingerprint density at radius 3 is 2.67 bits per heavy atom. The van der Waals surface area contributed by atoms with Gasteiger partial charge in [0.25, 0.3) is 5.17 Å². The van der Waals surface area contributed by atoms with Crippen LogP contribution in [-0.2, 0) is 9.47 Å². The van der Waals surface area contributed by atoms with Crippen LogP contribution >= 0.6 is 24.0 Å². The molecule has 0 aromatic heterocycles. The molecule has 0 spiro atoms. The maximum atomic E-state index is 12.1. The van der Waals surface area contributed by atoms with Gasteiger partial charge in [0.15, 0.2) is 0 Å². The molecule has 2 aliphatic heterocycles. The summed E-state index contributed by atoms with van der Waals surface area (Å²) in [4.78, 5) is 16.1. The number of nitrogens with zero attached hydrogens (tertiary/aromatic N) is 2. The Bertz CT molecular complexity index is 591. The number of methoxy groups -OCH3 is 1. The molecule has 1 aromatic rings. The van der Waals surface area contributed by atoms with Gasteiger partial charge >= 0.3 is 6.09 Å². The first-order valence-corrected chi connectivity index (χ1v) is 9.46. The average molecular weight is 367 g/mol. The summed E-state index contributed by atoms with van der Waals surface area (Å²) in [6.07, 6.45) is -0.573. The van der Waals surface area contributed by atoms with Crippen molar-refractivity contribution in [1.82, 2.24) is 5.32 Å². The third-order valence-electron chi connectivity index (χ3n) is 4.07. The lowest BCUT2D eigenvalue weighted by Gasteiger charge is -2.28. The van der Waals surface area contributed by atoms with Crippen molar-refractivity contribution in [3.8, 4) is 0 Å². The van der Waals surface area contributed by atoms with E-state index in [-0.39, 0.29) is 12.2 Å². The number of hydrogen-bond acceptors (Lipinski definition) is 6. The second kappa shape index (κ2) is 7.94. The van der Waals surface area contributed by atoms with E-state index in [2.05, 4.69) is 22.3 Å². The third kappa shape index (κ3) is 4.05. The van der Waals surface area contributed by atoms with Crippen LogP contribution in [0.25, 0.3) is 0 Å². The minimum atomic E-state index is -0.327. The van der Waals surface area contributed by atoms with Crippen molar-refractivity contribution < 1.29 is 14.3 Å². The van der Waals surface area contributed by atoms with E-state index in [9.17, 15) is 4.79 Å². The smallest absolute Gasteiger partial charge is 0.414 e. The molecule has 2 fully saturated rings. The molecule has 1 amide bonds. The molecule has 2 heterocycles. The number of thiocarbonyl (C=S) groups is 1. The number of hydrogen-bond donors (Lipinski definition) is 1. The van der Waals surface area contributed by atoms with Crippen LogP contribution in [0.5, 0.6) is 0 Å². The molecule has 1 aromatic carbocycles. The quantitative estimate of drug-likeness (QED) is 0.818. The van der Waals surface area contributed by atoms with Crippen LogP contribution in [0, 0.1) is 0 Å². The van der Waals surface area contributed by atoms with E-state index < -0.39 is 0 Å². The van der Waals surface area contributed by atoms with Crippen LogP contribution in [0.1, 0.15) is 0 Å². The van der Waals surface area contributed by atoms with Crippen molar-refractivity contribution >= 4 is 46.6 Å². The van der Waals surface area contributed by atoms with Crippen LogP contribution < -0.4 is 15.1 Å². The Hall–Kier alpha value is -1.67. The molecule has 1 atom stereocenters. The first kappa shape index (κ1) is 17.2. The van der Waals surface area contributed by atoms with Gasteiger partial charge in [-0.1, -0.05) is 0 Å². The molecule has 1 unspecified atom stereocenters. The third-order valence-corrected chi connectivity index (χ3v) is 5.32. The number of rotatable bonds is 4. The summed E-state index contributed by atoms with van der Waals surface area (Å²) < 4.78 is 10.2. The van der Waals surface area contributed by atoms with Gasteiger partial charge in [0, 0.05) is 36.0 Å². The average Bonchev–Trinajstić information content (AvgIpc) is 3.01. The SMILES string of the molecule is COC(=S)NCC1CN(c2ccc(N3CCSCC3)cc2)C(=O)O1. The second-order valence-electron chi connectivity index (χ2n) is 5.60. The predicted molar refractivity (Wildman–Crippen MR) is 101 cm³/mol. The lowest BCUT2D eigenvalue weighted by Crippen LogP contribution is -2.34. The molecule has 0 aliphatic carbocycles. The number of cyclic esters (lactones) is 1. The zero-order chi connectivity index (χ0) is 16.9. The van der Waals surface area contributed by atoms with Crippen LogP contribution in [0.3, 0.4) is 0 Å². The summed E-state index contributed by atoms with van der Waals surface area (Å²) in [6, 6.07) is 8.11. The summed E-state index contributed by atoms with van der Waals surface area (Å²) >= 11 is 6.92. The summed E-state index contributed by atoms with van der Waals surface area (Å²) in [7, 11) is 1.50. The topological polar surface area (TPSA) is 54.0 Å². The molecule has 2 aliphatic rings. The van der Waals surface area contributed by atoms with E-state index in [0.717, 1.165) is 30.3 Å². The zero-order valence-electron chi connectivity index (χ0n) is 13.6. The highest BCUT2D eigenvalue weighted by Crippen LogP contribution is 2.26. The Labute approximate surface area is 151 Å². The molecule has 2 saturated heterocycles. The molecule has 130 valence electrons. The number of anilines is 2. The molecule has 8 heteroatoms. The van der Waals surface area contributed by atoms with Crippen LogP contribution in [0.2, 0.25) is 0 Å². The van der Waals surface area contributed by atoms with Gasteiger partial charge < -0.3 is 19.7 Å². The van der Waals surface area contributed by atoms with Crippen molar-refractivity contribution in [2.24, 2.45) is 0 Å². The fourth-order valence-corrected chi connectivity index (χ4v) is 3.76. The van der Waals surface area contributed by atoms with Crippen molar-refractivity contribution in [3.63, 3.8) is 0 Å². The highest BCUT2D eigenvalue weighted by atomic mass is 32.2. The predicted octanol–water partition coefficient (Wildman–Crippen LogP) is 2.09. The van der Waals surface area contributed by atoms with Crippen LogP contribution in [0.15, 0.2) is 24.3 Å². The fourth-order valence-electron chi connectivity index (χ4n) is 2.77. The lowest BCUT2D eigenvalue weighted by molar-refractivity contribution is 0.142. The van der Waals surface area contributed by atoms with E-state index in [0.29, 0.717) is 18.3 Å². The van der Waals surface area contributed by atoms with Crippen molar-refractivity contribution in [2.45, 2.75) is 6.10 Å². The summed E-state index contributed by atoms with van der Waals surface area (Å²) in [5, 5.41) is 3.22. The largest absolute Gasteiger partial charge is 0.474 e. The van der Waals surface area contributed by atoms with E-state index >= 15 is 0 Å². The minimum Gasteiger partial charge on any atom is -0.474 e. The fraction of sp³-hybridized carbons (Fsp3) is 0.500. The van der Waals surface area contributed by atoms with Crippen molar-refractivity contribution in [1.29, 1.82) is 0 Å². The molecule has 6 nitrogen and oxygen atoms in total. The maximum Gasteiger partial charge on any atom is 0.414 e. The molecule has 3 rings (SSSR count). The number of carbonyl (C=O) groups excluding carboxylic acids is 1. The van der Waals surface area contributed by atoms with E-state index in [1.807, 2.05) is 23.9 Å². The molecule has 24 heavy (non-hydrogen) atoms. The maximum absolute atomic E-state index is 12.1. The molecule has 0 saturated carbocycles. The number of thioether (sulfide) groups is 1. The van der Waals surface area contributed by atoms with Crippen LogP contribution in [-0.4, -0.2) is 62.2 Å². The summed E-state index contributed by atoms with van der Waals surface area (Å²) in [5.41, 5.74) is 2.06. The molecular weight excluding hydrogens is 346 g/mol.